The van der Waals surface area contributed by atoms with Crippen LogP contribution < -0.4 is 9.47 Å². The number of H-pyrrole nitrogens is 1. The monoisotopic (exact) mass is 446 g/mol. The Morgan fingerprint density at radius 3 is 2.55 bits per heavy atom. The van der Waals surface area contributed by atoms with Gasteiger partial charge in [0.25, 0.3) is 11.7 Å². The van der Waals surface area contributed by atoms with Crippen LogP contribution in [0.3, 0.4) is 0 Å². The first-order chi connectivity index (χ1) is 16.0. The number of para-hydroxylation sites is 1. The van der Waals surface area contributed by atoms with Crippen LogP contribution in [0.15, 0.2) is 54.2 Å². The molecule has 3 aromatic rings. The number of likely N-dealkylation sites (tertiary alicyclic amines) is 1. The molecule has 1 saturated carbocycles. The standard InChI is InChI=1S/C26H26N2O5/c1-32-16-11-12-21(33-2)18(13-16)24(29)22-23(19-14-27-20-10-6-5-9-17(19)20)28(26(31)25(22)30)15-7-3-4-8-15/h5-6,9-15,23,27,29H,3-4,7-8H2,1-2H3/b24-22+. The van der Waals surface area contributed by atoms with Crippen LogP contribution in [0.5, 0.6) is 11.5 Å². The minimum absolute atomic E-state index is 0.0439. The third kappa shape index (κ3) is 3.35. The highest BCUT2D eigenvalue weighted by Crippen LogP contribution is 2.46. The van der Waals surface area contributed by atoms with E-state index >= 15 is 0 Å². The molecule has 7 nitrogen and oxygen atoms in total. The molecule has 2 fully saturated rings. The van der Waals surface area contributed by atoms with E-state index in [1.807, 2.05) is 30.5 Å². The fourth-order valence-electron chi connectivity index (χ4n) is 5.18. The Hall–Kier alpha value is -3.74. The van der Waals surface area contributed by atoms with E-state index in [0.717, 1.165) is 42.1 Å². The van der Waals surface area contributed by atoms with Crippen molar-refractivity contribution in [2.45, 2.75) is 37.8 Å². The third-order valence-electron chi connectivity index (χ3n) is 6.78. The van der Waals surface area contributed by atoms with Gasteiger partial charge >= 0.3 is 0 Å². The van der Waals surface area contributed by atoms with Crippen molar-refractivity contribution in [2.75, 3.05) is 14.2 Å². The Morgan fingerprint density at radius 2 is 1.82 bits per heavy atom. The Kier molecular flexibility index (Phi) is 5.32. The number of aliphatic hydroxyl groups is 1. The molecule has 1 aromatic heterocycles. The van der Waals surface area contributed by atoms with Crippen LogP contribution in [0.2, 0.25) is 0 Å². The summed E-state index contributed by atoms with van der Waals surface area (Å²) in [6, 6.07) is 12.0. The maximum Gasteiger partial charge on any atom is 0.295 e. The van der Waals surface area contributed by atoms with Crippen LogP contribution in [0, 0.1) is 0 Å². The van der Waals surface area contributed by atoms with E-state index in [2.05, 4.69) is 4.98 Å². The van der Waals surface area contributed by atoms with E-state index in [1.165, 1.54) is 14.2 Å². The number of ether oxygens (including phenoxy) is 2. The van der Waals surface area contributed by atoms with E-state index in [4.69, 9.17) is 9.47 Å². The Labute approximate surface area is 191 Å². The Morgan fingerprint density at radius 1 is 1.06 bits per heavy atom. The van der Waals surface area contributed by atoms with E-state index in [1.54, 1.807) is 23.1 Å². The maximum atomic E-state index is 13.4. The minimum Gasteiger partial charge on any atom is -0.507 e. The molecule has 1 aliphatic carbocycles. The van der Waals surface area contributed by atoms with E-state index in [9.17, 15) is 14.7 Å². The zero-order chi connectivity index (χ0) is 23.1. The van der Waals surface area contributed by atoms with Crippen molar-refractivity contribution in [3.05, 3.63) is 65.4 Å². The predicted molar refractivity (Wildman–Crippen MR) is 124 cm³/mol. The summed E-state index contributed by atoms with van der Waals surface area (Å²) in [5.74, 6) is -0.621. The number of hydrogen-bond donors (Lipinski definition) is 2. The summed E-state index contributed by atoms with van der Waals surface area (Å²) in [6.45, 7) is 0. The summed E-state index contributed by atoms with van der Waals surface area (Å²) >= 11 is 0. The van der Waals surface area contributed by atoms with E-state index in [0.29, 0.717) is 17.1 Å². The van der Waals surface area contributed by atoms with Gasteiger partial charge in [0.05, 0.1) is 31.4 Å². The number of aromatic amines is 1. The van der Waals surface area contributed by atoms with Crippen molar-refractivity contribution >= 4 is 28.4 Å². The average molecular weight is 447 g/mol. The lowest BCUT2D eigenvalue weighted by Gasteiger charge is -2.30. The van der Waals surface area contributed by atoms with Crippen molar-refractivity contribution in [1.82, 2.24) is 9.88 Å². The molecular formula is C26H26N2O5. The highest BCUT2D eigenvalue weighted by Gasteiger charge is 2.50. The lowest BCUT2D eigenvalue weighted by Crippen LogP contribution is -2.37. The number of fused-ring (bicyclic) bond motifs is 1. The molecule has 170 valence electrons. The first kappa shape index (κ1) is 21.1. The lowest BCUT2D eigenvalue weighted by molar-refractivity contribution is -0.141. The molecule has 2 aliphatic rings. The smallest absolute Gasteiger partial charge is 0.295 e. The second-order valence-electron chi connectivity index (χ2n) is 8.50. The molecule has 33 heavy (non-hydrogen) atoms. The maximum absolute atomic E-state index is 13.4. The van der Waals surface area contributed by atoms with Crippen molar-refractivity contribution < 1.29 is 24.2 Å². The number of rotatable bonds is 5. The molecule has 1 saturated heterocycles. The second-order valence-corrected chi connectivity index (χ2v) is 8.50. The van der Waals surface area contributed by atoms with Gasteiger partial charge in [-0.1, -0.05) is 31.0 Å². The summed E-state index contributed by atoms with van der Waals surface area (Å²) < 4.78 is 10.8. The van der Waals surface area contributed by atoms with Crippen LogP contribution in [0.4, 0.5) is 0 Å². The first-order valence-corrected chi connectivity index (χ1v) is 11.1. The summed E-state index contributed by atoms with van der Waals surface area (Å²) in [5.41, 5.74) is 2.08. The van der Waals surface area contributed by atoms with Gasteiger partial charge in [0, 0.05) is 28.7 Å². The quantitative estimate of drug-likeness (QED) is 0.341. The Balaban J connectivity index is 1.76. The predicted octanol–water partition coefficient (Wildman–Crippen LogP) is 4.55. The molecule has 0 bridgehead atoms. The number of methoxy groups -OCH3 is 2. The zero-order valence-electron chi connectivity index (χ0n) is 18.6. The molecule has 1 aliphatic heterocycles. The van der Waals surface area contributed by atoms with Gasteiger partial charge in [0.1, 0.15) is 17.3 Å². The third-order valence-corrected chi connectivity index (χ3v) is 6.78. The molecule has 0 radical (unpaired) electrons. The molecule has 1 unspecified atom stereocenters. The van der Waals surface area contributed by atoms with Crippen molar-refractivity contribution in [1.29, 1.82) is 0 Å². The van der Waals surface area contributed by atoms with Crippen molar-refractivity contribution in [3.63, 3.8) is 0 Å². The molecule has 7 heteroatoms. The summed E-state index contributed by atoms with van der Waals surface area (Å²) in [7, 11) is 3.02. The number of amides is 1. The number of nitrogens with zero attached hydrogens (tertiary/aromatic N) is 1. The lowest BCUT2D eigenvalue weighted by atomic mass is 9.94. The largest absolute Gasteiger partial charge is 0.507 e. The number of nitrogens with one attached hydrogen (secondary N) is 1. The number of carbonyl (C=O) groups excluding carboxylic acids is 2. The number of Topliss-reactive ketones (excluding diaryl/α,β-unsaturated/α-hetero) is 1. The van der Waals surface area contributed by atoms with Crippen LogP contribution in [0.1, 0.15) is 42.9 Å². The van der Waals surface area contributed by atoms with Crippen molar-refractivity contribution in [3.8, 4) is 11.5 Å². The summed E-state index contributed by atoms with van der Waals surface area (Å²) in [4.78, 5) is 31.6. The van der Waals surface area contributed by atoms with Crippen LogP contribution in [0.25, 0.3) is 16.7 Å². The number of benzene rings is 2. The molecule has 1 atom stereocenters. The molecule has 5 rings (SSSR count). The topological polar surface area (TPSA) is 91.9 Å². The second kappa shape index (κ2) is 8.31. The fraction of sp³-hybridized carbons (Fsp3) is 0.308. The highest BCUT2D eigenvalue weighted by molar-refractivity contribution is 6.46. The van der Waals surface area contributed by atoms with E-state index < -0.39 is 17.7 Å². The number of ketones is 1. The highest BCUT2D eigenvalue weighted by atomic mass is 16.5. The van der Waals surface area contributed by atoms with Crippen LogP contribution >= 0.6 is 0 Å². The van der Waals surface area contributed by atoms with Gasteiger partial charge in [-0.25, -0.2) is 0 Å². The number of aromatic nitrogens is 1. The normalized spacial score (nSPS) is 20.7. The van der Waals surface area contributed by atoms with Gasteiger partial charge in [-0.15, -0.1) is 0 Å². The van der Waals surface area contributed by atoms with Gasteiger partial charge in [0.15, 0.2) is 0 Å². The number of carbonyl (C=O) groups is 2. The van der Waals surface area contributed by atoms with Gasteiger partial charge in [-0.3, -0.25) is 9.59 Å². The first-order valence-electron chi connectivity index (χ1n) is 11.1. The van der Waals surface area contributed by atoms with Crippen LogP contribution in [-0.2, 0) is 9.59 Å². The molecule has 2 aromatic carbocycles. The van der Waals surface area contributed by atoms with Gasteiger partial charge in [0.2, 0.25) is 0 Å². The van der Waals surface area contributed by atoms with E-state index in [-0.39, 0.29) is 17.4 Å². The molecule has 1 amide bonds. The summed E-state index contributed by atoms with van der Waals surface area (Å²) in [5, 5.41) is 12.4. The zero-order valence-corrected chi connectivity index (χ0v) is 18.6. The summed E-state index contributed by atoms with van der Waals surface area (Å²) in [6.07, 6.45) is 5.54. The van der Waals surface area contributed by atoms with Gasteiger partial charge in [-0.05, 0) is 37.1 Å². The number of aliphatic hydroxyl groups excluding tert-OH is 1. The van der Waals surface area contributed by atoms with Gasteiger partial charge in [-0.2, -0.15) is 0 Å². The average Bonchev–Trinajstić information content (AvgIpc) is 3.57. The molecular weight excluding hydrogens is 420 g/mol. The molecule has 2 heterocycles. The molecule has 0 spiro atoms. The van der Waals surface area contributed by atoms with Crippen molar-refractivity contribution in [2.24, 2.45) is 0 Å². The molecule has 2 N–H and O–H groups in total. The Bertz CT molecular complexity index is 1270. The number of hydrogen-bond acceptors (Lipinski definition) is 5. The van der Waals surface area contributed by atoms with Crippen LogP contribution in [-0.4, -0.2) is 46.9 Å². The SMILES string of the molecule is COc1ccc(OC)c(/C(O)=C2\C(=O)C(=O)N(C3CCCC3)C2c2c[nH]c3ccccc23)c1. The fourth-order valence-corrected chi connectivity index (χ4v) is 5.18. The van der Waals surface area contributed by atoms with Gasteiger partial charge < -0.3 is 24.5 Å². The minimum atomic E-state index is -0.694.